The minimum Gasteiger partial charge on any atom is -0.467 e. The monoisotopic (exact) mass is 290 g/mol. The van der Waals surface area contributed by atoms with Crippen molar-refractivity contribution in [2.24, 2.45) is 0 Å². The Bertz CT molecular complexity index is 519. The quantitative estimate of drug-likeness (QED) is 0.784. The molecule has 2 atom stereocenters. The van der Waals surface area contributed by atoms with Gasteiger partial charge in [-0.05, 0) is 30.9 Å². The van der Waals surface area contributed by atoms with Crippen molar-refractivity contribution in [3.63, 3.8) is 0 Å². The molecule has 2 fully saturated rings. The van der Waals surface area contributed by atoms with Crippen LogP contribution in [0.15, 0.2) is 24.3 Å². The minimum atomic E-state index is -0.672. The summed E-state index contributed by atoms with van der Waals surface area (Å²) in [6.07, 6.45) is 4.01. The van der Waals surface area contributed by atoms with Gasteiger partial charge in [-0.25, -0.2) is 4.79 Å². The normalized spacial score (nSPS) is 27.7. The van der Waals surface area contributed by atoms with Crippen LogP contribution in [0.4, 0.5) is 0 Å². The predicted molar refractivity (Wildman–Crippen MR) is 77.7 cm³/mol. The highest BCUT2D eigenvalue weighted by Crippen LogP contribution is 2.46. The number of benzene rings is 1. The summed E-state index contributed by atoms with van der Waals surface area (Å²) in [7, 11) is 1.40. The van der Waals surface area contributed by atoms with Gasteiger partial charge in [0, 0.05) is 12.8 Å². The van der Waals surface area contributed by atoms with Gasteiger partial charge in [0.1, 0.15) is 6.10 Å². The summed E-state index contributed by atoms with van der Waals surface area (Å²) in [6, 6.07) is 7.98. The van der Waals surface area contributed by atoms with Gasteiger partial charge < -0.3 is 14.2 Å². The number of rotatable bonds is 2. The van der Waals surface area contributed by atoms with Crippen molar-refractivity contribution in [2.45, 2.75) is 57.0 Å². The Kier molecular flexibility index (Phi) is 4.00. The maximum absolute atomic E-state index is 12.1. The van der Waals surface area contributed by atoms with Crippen LogP contribution in [0.25, 0.3) is 0 Å². The van der Waals surface area contributed by atoms with Gasteiger partial charge in [0.05, 0.1) is 7.11 Å². The molecular formula is C17H22O4. The molecule has 4 nitrogen and oxygen atoms in total. The van der Waals surface area contributed by atoms with Crippen LogP contribution in [0.2, 0.25) is 0 Å². The third-order valence-electron chi connectivity index (χ3n) is 4.50. The van der Waals surface area contributed by atoms with Gasteiger partial charge in [0.15, 0.2) is 11.9 Å². The molecule has 0 unspecified atom stereocenters. The zero-order valence-corrected chi connectivity index (χ0v) is 12.6. The van der Waals surface area contributed by atoms with E-state index in [1.807, 2.05) is 31.2 Å². The Morgan fingerprint density at radius 3 is 2.57 bits per heavy atom. The number of aryl methyl sites for hydroxylation is 1. The van der Waals surface area contributed by atoms with E-state index < -0.39 is 11.9 Å². The van der Waals surface area contributed by atoms with Crippen molar-refractivity contribution in [1.29, 1.82) is 0 Å². The number of methoxy groups -OCH3 is 1. The van der Waals surface area contributed by atoms with Crippen molar-refractivity contribution < 1.29 is 19.0 Å². The Morgan fingerprint density at radius 2 is 1.90 bits per heavy atom. The molecule has 4 heteroatoms. The van der Waals surface area contributed by atoms with Gasteiger partial charge in [-0.3, -0.25) is 0 Å². The zero-order chi connectivity index (χ0) is 14.9. The van der Waals surface area contributed by atoms with Crippen LogP contribution in [0.1, 0.15) is 49.3 Å². The molecule has 3 rings (SSSR count). The number of ether oxygens (including phenoxy) is 3. The van der Waals surface area contributed by atoms with E-state index in [0.717, 1.165) is 36.8 Å². The second-order valence-electron chi connectivity index (χ2n) is 5.93. The Balaban J connectivity index is 1.92. The average molecular weight is 290 g/mol. The Morgan fingerprint density at radius 1 is 1.19 bits per heavy atom. The smallest absolute Gasteiger partial charge is 0.338 e. The van der Waals surface area contributed by atoms with Crippen molar-refractivity contribution in [1.82, 2.24) is 0 Å². The minimum absolute atomic E-state index is 0.356. The largest absolute Gasteiger partial charge is 0.467 e. The molecule has 1 aromatic rings. The summed E-state index contributed by atoms with van der Waals surface area (Å²) in [5.74, 6) is -0.963. The van der Waals surface area contributed by atoms with Crippen LogP contribution in [-0.4, -0.2) is 25.0 Å². The molecule has 21 heavy (non-hydrogen) atoms. The van der Waals surface area contributed by atoms with Crippen molar-refractivity contribution in [3.8, 4) is 0 Å². The molecule has 1 aliphatic heterocycles. The van der Waals surface area contributed by atoms with E-state index in [-0.39, 0.29) is 12.1 Å². The molecular weight excluding hydrogens is 268 g/mol. The molecule has 0 amide bonds. The van der Waals surface area contributed by atoms with Gasteiger partial charge in [-0.2, -0.15) is 0 Å². The molecule has 114 valence electrons. The highest BCUT2D eigenvalue weighted by atomic mass is 16.8. The third kappa shape index (κ3) is 2.70. The van der Waals surface area contributed by atoms with Gasteiger partial charge in [0.25, 0.3) is 0 Å². The lowest BCUT2D eigenvalue weighted by molar-refractivity contribution is -0.199. The molecule has 1 saturated heterocycles. The van der Waals surface area contributed by atoms with Gasteiger partial charge >= 0.3 is 5.97 Å². The van der Waals surface area contributed by atoms with Crippen molar-refractivity contribution >= 4 is 5.97 Å². The van der Waals surface area contributed by atoms with Crippen LogP contribution < -0.4 is 0 Å². The van der Waals surface area contributed by atoms with E-state index in [2.05, 4.69) is 0 Å². The fraction of sp³-hybridized carbons (Fsp3) is 0.588. The third-order valence-corrected chi connectivity index (χ3v) is 4.50. The lowest BCUT2D eigenvalue weighted by atomic mass is 9.94. The summed E-state index contributed by atoms with van der Waals surface area (Å²) in [5, 5.41) is 0. The van der Waals surface area contributed by atoms with Crippen LogP contribution in [0.5, 0.6) is 0 Å². The van der Waals surface area contributed by atoms with E-state index >= 15 is 0 Å². The number of esters is 1. The summed E-state index contributed by atoms with van der Waals surface area (Å²) >= 11 is 0. The van der Waals surface area contributed by atoms with Crippen LogP contribution >= 0.6 is 0 Å². The first-order valence-electron chi connectivity index (χ1n) is 7.64. The first-order chi connectivity index (χ1) is 10.2. The lowest BCUT2D eigenvalue weighted by Crippen LogP contribution is -2.35. The summed E-state index contributed by atoms with van der Waals surface area (Å²) in [6.45, 7) is 2.03. The molecule has 1 aromatic carbocycles. The zero-order valence-electron chi connectivity index (χ0n) is 12.6. The summed E-state index contributed by atoms with van der Waals surface area (Å²) in [4.78, 5) is 12.1. The van der Waals surface area contributed by atoms with E-state index in [4.69, 9.17) is 14.2 Å². The summed E-state index contributed by atoms with van der Waals surface area (Å²) < 4.78 is 17.3. The highest BCUT2D eigenvalue weighted by molar-refractivity contribution is 5.76. The first-order valence-corrected chi connectivity index (χ1v) is 7.64. The molecule has 0 aromatic heterocycles. The molecule has 0 N–H and O–H groups in total. The molecule has 0 bridgehead atoms. The molecule has 1 heterocycles. The van der Waals surface area contributed by atoms with Gasteiger partial charge in [-0.15, -0.1) is 0 Å². The maximum Gasteiger partial charge on any atom is 0.338 e. The van der Waals surface area contributed by atoms with Crippen LogP contribution in [-0.2, 0) is 19.0 Å². The molecule has 1 spiro atoms. The second-order valence-corrected chi connectivity index (χ2v) is 5.93. The number of hydrogen-bond acceptors (Lipinski definition) is 4. The molecule has 2 aliphatic rings. The van der Waals surface area contributed by atoms with Crippen LogP contribution in [0, 0.1) is 6.92 Å². The average Bonchev–Trinajstić information content (AvgIpc) is 2.86. The van der Waals surface area contributed by atoms with Crippen LogP contribution in [0.3, 0.4) is 0 Å². The first kappa shape index (κ1) is 14.5. The van der Waals surface area contributed by atoms with E-state index in [9.17, 15) is 4.79 Å². The highest BCUT2D eigenvalue weighted by Gasteiger charge is 2.52. The van der Waals surface area contributed by atoms with E-state index in [1.165, 1.54) is 13.5 Å². The lowest BCUT2D eigenvalue weighted by Gasteiger charge is -2.31. The predicted octanol–water partition coefficient (Wildman–Crippen LogP) is 3.28. The number of carbonyl (C=O) groups excluding carboxylic acids is 1. The maximum atomic E-state index is 12.1. The van der Waals surface area contributed by atoms with Gasteiger partial charge in [-0.1, -0.05) is 30.7 Å². The fourth-order valence-corrected chi connectivity index (χ4v) is 3.36. The van der Waals surface area contributed by atoms with Crippen molar-refractivity contribution in [3.05, 3.63) is 35.4 Å². The van der Waals surface area contributed by atoms with E-state index in [1.54, 1.807) is 0 Å². The summed E-state index contributed by atoms with van der Waals surface area (Å²) in [5.41, 5.74) is 2.11. The topological polar surface area (TPSA) is 44.8 Å². The Labute approximate surface area is 125 Å². The SMILES string of the molecule is COC(=O)[C@H]1OC2(CCCCC2)O[C@@H]1c1ccccc1C. The van der Waals surface area contributed by atoms with Gasteiger partial charge in [0.2, 0.25) is 0 Å². The molecule has 1 aliphatic carbocycles. The Hall–Kier alpha value is -1.39. The number of hydrogen-bond donors (Lipinski definition) is 0. The van der Waals surface area contributed by atoms with Crippen molar-refractivity contribution in [2.75, 3.05) is 7.11 Å². The molecule has 1 saturated carbocycles. The standard InChI is InChI=1S/C17H22O4/c1-12-8-4-5-9-13(12)14-15(16(18)19-2)21-17(20-14)10-6-3-7-11-17/h4-5,8-9,14-15H,3,6-7,10-11H2,1-2H3/t14-,15+/m1/s1. The second kappa shape index (κ2) is 5.78. The number of carbonyl (C=O) groups is 1. The molecule has 0 radical (unpaired) electrons. The van der Waals surface area contributed by atoms with E-state index in [0.29, 0.717) is 0 Å². The fourth-order valence-electron chi connectivity index (χ4n) is 3.36.